The zero-order valence-corrected chi connectivity index (χ0v) is 17.2. The van der Waals surface area contributed by atoms with Crippen molar-refractivity contribution in [2.75, 3.05) is 5.32 Å². The third kappa shape index (κ3) is 5.32. The van der Waals surface area contributed by atoms with Crippen molar-refractivity contribution in [1.29, 1.82) is 0 Å². The van der Waals surface area contributed by atoms with E-state index in [-0.39, 0.29) is 29.3 Å². The summed E-state index contributed by atoms with van der Waals surface area (Å²) in [7, 11) is 0. The predicted molar refractivity (Wildman–Crippen MR) is 113 cm³/mol. The number of benzene rings is 3. The van der Waals surface area contributed by atoms with Gasteiger partial charge in [-0.25, -0.2) is 9.18 Å². The molecule has 3 aromatic rings. The first-order valence-electron chi connectivity index (χ1n) is 8.46. The zero-order valence-electron chi connectivity index (χ0n) is 14.9. The van der Waals surface area contributed by atoms with Gasteiger partial charge in [0.1, 0.15) is 18.2 Å². The molecule has 0 atom stereocenters. The third-order valence-electron chi connectivity index (χ3n) is 4.14. The summed E-state index contributed by atoms with van der Waals surface area (Å²) in [6.07, 6.45) is 0. The van der Waals surface area contributed by atoms with Crippen molar-refractivity contribution in [1.82, 2.24) is 0 Å². The average Bonchev–Trinajstić information content (AvgIpc) is 2.68. The SMILES string of the molecule is O=C(O)c1ccc(Cl)c(NCc2cc(Cl)ccc2OCc2c(F)cccc2Cl)c1. The normalized spacial score (nSPS) is 10.6. The van der Waals surface area contributed by atoms with Gasteiger partial charge >= 0.3 is 5.97 Å². The van der Waals surface area contributed by atoms with Gasteiger partial charge in [-0.3, -0.25) is 0 Å². The van der Waals surface area contributed by atoms with E-state index in [1.807, 2.05) is 0 Å². The molecule has 0 saturated heterocycles. The van der Waals surface area contributed by atoms with Gasteiger partial charge in [0.15, 0.2) is 0 Å². The first kappa shape index (κ1) is 21.2. The number of ether oxygens (including phenoxy) is 1. The van der Waals surface area contributed by atoms with Crippen LogP contribution in [0.1, 0.15) is 21.5 Å². The number of carboxylic acids is 1. The lowest BCUT2D eigenvalue weighted by Gasteiger charge is -2.15. The van der Waals surface area contributed by atoms with Crippen LogP contribution in [-0.2, 0) is 13.2 Å². The van der Waals surface area contributed by atoms with Crippen LogP contribution in [0, 0.1) is 5.82 Å². The number of hydrogen-bond acceptors (Lipinski definition) is 3. The molecule has 0 bridgehead atoms. The van der Waals surface area contributed by atoms with Gasteiger partial charge in [-0.1, -0.05) is 40.9 Å². The van der Waals surface area contributed by atoms with Crippen LogP contribution in [0.3, 0.4) is 0 Å². The van der Waals surface area contributed by atoms with Crippen molar-refractivity contribution in [3.05, 3.63) is 92.2 Å². The molecule has 0 aliphatic rings. The molecule has 29 heavy (non-hydrogen) atoms. The van der Waals surface area contributed by atoms with Crippen molar-refractivity contribution >= 4 is 46.5 Å². The quantitative estimate of drug-likeness (QED) is 0.418. The maximum absolute atomic E-state index is 14.0. The number of hydrogen-bond donors (Lipinski definition) is 2. The number of rotatable bonds is 7. The van der Waals surface area contributed by atoms with Crippen LogP contribution >= 0.6 is 34.8 Å². The molecule has 0 aromatic heterocycles. The summed E-state index contributed by atoms with van der Waals surface area (Å²) in [4.78, 5) is 11.2. The van der Waals surface area contributed by atoms with Crippen molar-refractivity contribution < 1.29 is 19.0 Å². The monoisotopic (exact) mass is 453 g/mol. The van der Waals surface area contributed by atoms with Gasteiger partial charge < -0.3 is 15.2 Å². The van der Waals surface area contributed by atoms with Crippen molar-refractivity contribution in [2.24, 2.45) is 0 Å². The molecule has 3 aromatic carbocycles. The number of halogens is 4. The van der Waals surface area contributed by atoms with E-state index >= 15 is 0 Å². The van der Waals surface area contributed by atoms with Crippen LogP contribution in [0.25, 0.3) is 0 Å². The van der Waals surface area contributed by atoms with E-state index in [9.17, 15) is 9.18 Å². The van der Waals surface area contributed by atoms with E-state index in [2.05, 4.69) is 5.32 Å². The summed E-state index contributed by atoms with van der Waals surface area (Å²) in [5.74, 6) is -1.03. The zero-order chi connectivity index (χ0) is 21.0. The second-order valence-corrected chi connectivity index (χ2v) is 7.35. The number of aromatic carboxylic acids is 1. The first-order valence-corrected chi connectivity index (χ1v) is 9.59. The molecule has 0 aliphatic heterocycles. The molecule has 0 spiro atoms. The van der Waals surface area contributed by atoms with E-state index in [4.69, 9.17) is 44.6 Å². The number of nitrogens with one attached hydrogen (secondary N) is 1. The number of carbonyl (C=O) groups is 1. The largest absolute Gasteiger partial charge is 0.488 e. The second-order valence-electron chi connectivity index (χ2n) is 6.09. The van der Waals surface area contributed by atoms with E-state index in [0.717, 1.165) is 0 Å². The smallest absolute Gasteiger partial charge is 0.335 e. The lowest BCUT2D eigenvalue weighted by Crippen LogP contribution is -2.06. The lowest BCUT2D eigenvalue weighted by molar-refractivity contribution is 0.0697. The minimum absolute atomic E-state index is 0.0601. The summed E-state index contributed by atoms with van der Waals surface area (Å²) in [6.45, 7) is 0.194. The highest BCUT2D eigenvalue weighted by Gasteiger charge is 2.12. The fraction of sp³-hybridized carbons (Fsp3) is 0.0952. The van der Waals surface area contributed by atoms with Gasteiger partial charge in [0, 0.05) is 22.7 Å². The Hall–Kier alpha value is -2.47. The topological polar surface area (TPSA) is 58.6 Å². The van der Waals surface area contributed by atoms with Crippen LogP contribution < -0.4 is 10.1 Å². The molecule has 150 valence electrons. The molecule has 8 heteroatoms. The standard InChI is InChI=1S/C21H15Cl3FNO3/c22-14-5-7-20(29-11-15-16(23)2-1-3-18(15)25)13(8-14)10-26-19-9-12(21(27)28)4-6-17(19)24/h1-9,26H,10-11H2,(H,27,28). The van der Waals surface area contributed by atoms with E-state index in [1.165, 1.54) is 30.3 Å². The Labute approximate surface area is 181 Å². The first-order chi connectivity index (χ1) is 13.8. The van der Waals surface area contributed by atoms with Crippen LogP contribution in [-0.4, -0.2) is 11.1 Å². The molecule has 0 heterocycles. The summed E-state index contributed by atoms with van der Waals surface area (Å²) in [5, 5.41) is 13.4. The maximum Gasteiger partial charge on any atom is 0.335 e. The van der Waals surface area contributed by atoms with Gasteiger partial charge in [0.25, 0.3) is 0 Å². The fourth-order valence-corrected chi connectivity index (χ4v) is 3.23. The molecule has 0 saturated carbocycles. The van der Waals surface area contributed by atoms with Crippen molar-refractivity contribution in [2.45, 2.75) is 13.2 Å². The molecule has 0 radical (unpaired) electrons. The molecular formula is C21H15Cl3FNO3. The Morgan fingerprint density at radius 2 is 1.83 bits per heavy atom. The van der Waals surface area contributed by atoms with Gasteiger partial charge in [-0.15, -0.1) is 0 Å². The molecule has 0 fully saturated rings. The van der Waals surface area contributed by atoms with Gasteiger partial charge in [-0.05, 0) is 48.5 Å². The fourth-order valence-electron chi connectivity index (χ4n) is 2.63. The highest BCUT2D eigenvalue weighted by atomic mass is 35.5. The lowest BCUT2D eigenvalue weighted by atomic mass is 10.1. The Kier molecular flexibility index (Phi) is 6.85. The molecule has 4 nitrogen and oxygen atoms in total. The molecule has 3 rings (SSSR count). The molecule has 0 aliphatic carbocycles. The number of anilines is 1. The van der Waals surface area contributed by atoms with Crippen molar-refractivity contribution in [3.63, 3.8) is 0 Å². The molecule has 0 amide bonds. The van der Waals surface area contributed by atoms with Gasteiger partial charge in [0.05, 0.1) is 21.3 Å². The van der Waals surface area contributed by atoms with E-state index < -0.39 is 11.8 Å². The van der Waals surface area contributed by atoms with Crippen LogP contribution in [0.15, 0.2) is 54.6 Å². The van der Waals surface area contributed by atoms with Gasteiger partial charge in [0.2, 0.25) is 0 Å². The predicted octanol–water partition coefficient (Wildman–Crippen LogP) is 6.68. The van der Waals surface area contributed by atoms with Crippen LogP contribution in [0.2, 0.25) is 15.1 Å². The highest BCUT2D eigenvalue weighted by molar-refractivity contribution is 6.33. The minimum atomic E-state index is -1.06. The van der Waals surface area contributed by atoms with E-state index in [0.29, 0.717) is 27.0 Å². The Morgan fingerprint density at radius 3 is 2.55 bits per heavy atom. The second kappa shape index (κ2) is 9.35. The summed E-state index contributed by atoms with van der Waals surface area (Å²) in [5.41, 5.74) is 1.49. The third-order valence-corrected chi connectivity index (χ3v) is 5.06. The van der Waals surface area contributed by atoms with Crippen molar-refractivity contribution in [3.8, 4) is 5.75 Å². The van der Waals surface area contributed by atoms with E-state index in [1.54, 1.807) is 24.3 Å². The molecular weight excluding hydrogens is 440 g/mol. The highest BCUT2D eigenvalue weighted by Crippen LogP contribution is 2.29. The Morgan fingerprint density at radius 1 is 1.03 bits per heavy atom. The number of carboxylic acid groups (broad SMARTS) is 1. The molecule has 0 unspecified atom stereocenters. The maximum atomic E-state index is 14.0. The Bertz CT molecular complexity index is 1040. The van der Waals surface area contributed by atoms with Crippen LogP contribution in [0.4, 0.5) is 10.1 Å². The summed E-state index contributed by atoms with van der Waals surface area (Å²) < 4.78 is 19.7. The average molecular weight is 455 g/mol. The van der Waals surface area contributed by atoms with Gasteiger partial charge in [-0.2, -0.15) is 0 Å². The Balaban J connectivity index is 1.79. The summed E-state index contributed by atoms with van der Waals surface area (Å²) in [6, 6.07) is 13.8. The van der Waals surface area contributed by atoms with Crippen LogP contribution in [0.5, 0.6) is 5.75 Å². The molecule has 2 N–H and O–H groups in total. The summed E-state index contributed by atoms with van der Waals surface area (Å²) >= 11 is 18.3. The minimum Gasteiger partial charge on any atom is -0.488 e.